The van der Waals surface area contributed by atoms with Crippen molar-refractivity contribution in [3.63, 3.8) is 0 Å². The van der Waals surface area contributed by atoms with Gasteiger partial charge in [0.15, 0.2) is 5.76 Å². The largest absolute Gasteiger partial charge is 0.508 e. The first-order valence-corrected chi connectivity index (χ1v) is 6.68. The summed E-state index contributed by atoms with van der Waals surface area (Å²) in [5, 5.41) is 12.1. The second-order valence-corrected chi connectivity index (χ2v) is 4.92. The molecule has 1 heterocycles. The minimum absolute atomic E-state index is 0.0486. The van der Waals surface area contributed by atoms with Gasteiger partial charge in [0.1, 0.15) is 11.5 Å². The van der Waals surface area contributed by atoms with Crippen LogP contribution in [-0.4, -0.2) is 16.8 Å². The third kappa shape index (κ3) is 2.69. The van der Waals surface area contributed by atoms with Gasteiger partial charge in [-0.3, -0.25) is 9.59 Å². The van der Waals surface area contributed by atoms with Crippen LogP contribution in [0, 0.1) is 0 Å². The topological polar surface area (TPSA) is 75.6 Å². The number of ether oxygens (including phenoxy) is 1. The van der Waals surface area contributed by atoms with E-state index in [1.807, 2.05) is 0 Å². The predicted molar refractivity (Wildman–Crippen MR) is 81.8 cm³/mol. The van der Waals surface area contributed by atoms with E-state index in [1.165, 1.54) is 25.1 Å². The lowest BCUT2D eigenvalue weighted by molar-refractivity contribution is -0.114. The highest BCUT2D eigenvalue weighted by atomic mass is 16.5. The maximum absolute atomic E-state index is 12.2. The molecule has 110 valence electrons. The van der Waals surface area contributed by atoms with Crippen molar-refractivity contribution in [1.29, 1.82) is 0 Å². The third-order valence-electron chi connectivity index (χ3n) is 3.18. The Hall–Kier alpha value is -3.08. The van der Waals surface area contributed by atoms with Crippen LogP contribution >= 0.6 is 0 Å². The quantitative estimate of drug-likeness (QED) is 0.835. The van der Waals surface area contributed by atoms with E-state index < -0.39 is 0 Å². The molecule has 2 aromatic carbocycles. The van der Waals surface area contributed by atoms with E-state index >= 15 is 0 Å². The van der Waals surface area contributed by atoms with Crippen LogP contribution < -0.4 is 10.1 Å². The molecule has 0 saturated carbocycles. The highest BCUT2D eigenvalue weighted by Gasteiger charge is 2.27. The van der Waals surface area contributed by atoms with Crippen LogP contribution in [0.2, 0.25) is 0 Å². The summed E-state index contributed by atoms with van der Waals surface area (Å²) < 4.78 is 5.48. The van der Waals surface area contributed by atoms with Crippen molar-refractivity contribution >= 4 is 23.5 Å². The van der Waals surface area contributed by atoms with Gasteiger partial charge in [0.25, 0.3) is 0 Å². The van der Waals surface area contributed by atoms with E-state index in [-0.39, 0.29) is 23.2 Å². The Morgan fingerprint density at radius 2 is 1.91 bits per heavy atom. The highest BCUT2D eigenvalue weighted by Crippen LogP contribution is 2.34. The van der Waals surface area contributed by atoms with Gasteiger partial charge in [0.05, 0.1) is 5.56 Å². The summed E-state index contributed by atoms with van der Waals surface area (Å²) in [5.74, 6) is 0.239. The number of hydrogen-bond donors (Lipinski definition) is 2. The Bertz CT molecular complexity index is 791. The number of allylic oxidation sites excluding steroid dienone is 1. The fourth-order valence-electron chi connectivity index (χ4n) is 2.19. The van der Waals surface area contributed by atoms with Crippen molar-refractivity contribution in [1.82, 2.24) is 0 Å². The predicted octanol–water partition coefficient (Wildman–Crippen LogP) is 2.97. The molecular formula is C17H13NO4. The molecule has 3 rings (SSSR count). The Morgan fingerprint density at radius 1 is 1.18 bits per heavy atom. The first kappa shape index (κ1) is 13.9. The monoisotopic (exact) mass is 295 g/mol. The molecule has 0 spiro atoms. The SMILES string of the molecule is CC(=O)Nc1ccc(/C=C2/Oc3cc(O)ccc3C2=O)cc1. The zero-order valence-electron chi connectivity index (χ0n) is 11.8. The molecule has 0 unspecified atom stereocenters. The van der Waals surface area contributed by atoms with Gasteiger partial charge < -0.3 is 15.2 Å². The van der Waals surface area contributed by atoms with Crippen molar-refractivity contribution in [2.24, 2.45) is 0 Å². The summed E-state index contributed by atoms with van der Waals surface area (Å²) in [6.45, 7) is 1.44. The average Bonchev–Trinajstić information content (AvgIpc) is 2.76. The number of anilines is 1. The van der Waals surface area contributed by atoms with E-state index in [4.69, 9.17) is 4.74 Å². The number of hydrogen-bond acceptors (Lipinski definition) is 4. The van der Waals surface area contributed by atoms with Crippen LogP contribution in [0.3, 0.4) is 0 Å². The number of carbonyl (C=O) groups is 2. The van der Waals surface area contributed by atoms with Crippen LogP contribution in [0.5, 0.6) is 11.5 Å². The highest BCUT2D eigenvalue weighted by molar-refractivity contribution is 6.14. The number of phenolic OH excluding ortho intramolecular Hbond substituents is 1. The van der Waals surface area contributed by atoms with E-state index in [0.717, 1.165) is 5.56 Å². The van der Waals surface area contributed by atoms with Crippen LogP contribution in [-0.2, 0) is 4.79 Å². The zero-order chi connectivity index (χ0) is 15.7. The zero-order valence-corrected chi connectivity index (χ0v) is 11.8. The van der Waals surface area contributed by atoms with Crippen molar-refractivity contribution in [2.75, 3.05) is 5.32 Å². The molecule has 0 fully saturated rings. The lowest BCUT2D eigenvalue weighted by Crippen LogP contribution is -2.05. The Balaban J connectivity index is 1.85. The second-order valence-electron chi connectivity index (χ2n) is 4.92. The van der Waals surface area contributed by atoms with Crippen molar-refractivity contribution in [3.05, 3.63) is 59.4 Å². The summed E-state index contributed by atoms with van der Waals surface area (Å²) in [4.78, 5) is 23.2. The van der Waals surface area contributed by atoms with Gasteiger partial charge in [-0.2, -0.15) is 0 Å². The fourth-order valence-corrected chi connectivity index (χ4v) is 2.19. The smallest absolute Gasteiger partial charge is 0.231 e. The summed E-state index contributed by atoms with van der Waals surface area (Å²) in [7, 11) is 0. The maximum atomic E-state index is 12.2. The second kappa shape index (κ2) is 5.37. The van der Waals surface area contributed by atoms with Gasteiger partial charge in [0, 0.05) is 18.7 Å². The van der Waals surface area contributed by atoms with E-state index in [1.54, 1.807) is 30.3 Å². The van der Waals surface area contributed by atoms with Gasteiger partial charge in [0.2, 0.25) is 11.7 Å². The van der Waals surface area contributed by atoms with E-state index in [0.29, 0.717) is 17.0 Å². The molecule has 1 aliphatic rings. The summed E-state index contributed by atoms with van der Waals surface area (Å²) >= 11 is 0. The Labute approximate surface area is 126 Å². The van der Waals surface area contributed by atoms with Gasteiger partial charge in [-0.25, -0.2) is 0 Å². The van der Waals surface area contributed by atoms with Crippen LogP contribution in [0.1, 0.15) is 22.8 Å². The minimum Gasteiger partial charge on any atom is -0.508 e. The number of phenols is 1. The molecule has 0 aliphatic carbocycles. The molecule has 0 atom stereocenters. The third-order valence-corrected chi connectivity index (χ3v) is 3.18. The Kier molecular flexibility index (Phi) is 3.39. The number of nitrogens with one attached hydrogen (secondary N) is 1. The molecule has 2 aromatic rings. The van der Waals surface area contributed by atoms with Gasteiger partial charge in [-0.05, 0) is 35.9 Å². The van der Waals surface area contributed by atoms with E-state index in [9.17, 15) is 14.7 Å². The number of Topliss-reactive ketones (excluding diaryl/α,β-unsaturated/α-hetero) is 1. The van der Waals surface area contributed by atoms with Crippen molar-refractivity contribution in [2.45, 2.75) is 6.92 Å². The number of rotatable bonds is 2. The lowest BCUT2D eigenvalue weighted by atomic mass is 10.1. The molecule has 5 nitrogen and oxygen atoms in total. The summed E-state index contributed by atoms with van der Waals surface area (Å²) in [6.07, 6.45) is 1.62. The lowest BCUT2D eigenvalue weighted by Gasteiger charge is -2.02. The number of ketones is 1. The number of aromatic hydroxyl groups is 1. The van der Waals surface area contributed by atoms with Gasteiger partial charge in [-0.1, -0.05) is 12.1 Å². The number of carbonyl (C=O) groups excluding carboxylic acids is 2. The molecule has 0 saturated heterocycles. The van der Waals surface area contributed by atoms with Crippen molar-refractivity contribution < 1.29 is 19.4 Å². The van der Waals surface area contributed by atoms with Gasteiger partial charge in [-0.15, -0.1) is 0 Å². The van der Waals surface area contributed by atoms with E-state index in [2.05, 4.69) is 5.32 Å². The number of benzene rings is 2. The molecule has 0 aromatic heterocycles. The molecule has 5 heteroatoms. The maximum Gasteiger partial charge on any atom is 0.231 e. The number of fused-ring (bicyclic) bond motifs is 1. The molecule has 0 radical (unpaired) electrons. The molecule has 22 heavy (non-hydrogen) atoms. The molecule has 0 bridgehead atoms. The van der Waals surface area contributed by atoms with Crippen molar-refractivity contribution in [3.8, 4) is 11.5 Å². The summed E-state index contributed by atoms with van der Waals surface area (Å²) in [6, 6.07) is 11.4. The average molecular weight is 295 g/mol. The molecule has 1 aliphatic heterocycles. The first-order chi connectivity index (χ1) is 10.5. The van der Waals surface area contributed by atoms with Crippen LogP contribution in [0.25, 0.3) is 6.08 Å². The standard InChI is InChI=1S/C17H13NO4/c1-10(19)18-12-4-2-11(3-5-12)8-16-17(21)14-7-6-13(20)9-15(14)22-16/h2-9,20H,1H3,(H,18,19)/b16-8+. The van der Waals surface area contributed by atoms with Crippen LogP contribution in [0.4, 0.5) is 5.69 Å². The normalized spacial score (nSPS) is 14.6. The number of amides is 1. The molecular weight excluding hydrogens is 282 g/mol. The fraction of sp³-hybridized carbons (Fsp3) is 0.0588. The first-order valence-electron chi connectivity index (χ1n) is 6.68. The molecule has 2 N–H and O–H groups in total. The Morgan fingerprint density at radius 3 is 2.59 bits per heavy atom. The summed E-state index contributed by atoms with van der Waals surface area (Å²) in [5.41, 5.74) is 1.88. The molecule has 1 amide bonds. The van der Waals surface area contributed by atoms with Gasteiger partial charge >= 0.3 is 0 Å². The van der Waals surface area contributed by atoms with Crippen LogP contribution in [0.15, 0.2) is 48.2 Å². The minimum atomic E-state index is -0.221.